The summed E-state index contributed by atoms with van der Waals surface area (Å²) in [7, 11) is 2.22. The quantitative estimate of drug-likeness (QED) is 0.121. The van der Waals surface area contributed by atoms with E-state index in [1.165, 1.54) is 76.5 Å². The van der Waals surface area contributed by atoms with Crippen LogP contribution in [-0.4, -0.2) is 4.40 Å². The minimum atomic E-state index is 0.0230. The highest BCUT2D eigenvalue weighted by Crippen LogP contribution is 2.47. The molecule has 2 heteroatoms. The molecule has 2 nitrogen and oxygen atoms in total. The van der Waals surface area contributed by atoms with Crippen LogP contribution in [-0.2, 0) is 18.9 Å². The third-order valence-corrected chi connectivity index (χ3v) is 8.57. The second kappa shape index (κ2) is 7.47. The summed E-state index contributed by atoms with van der Waals surface area (Å²) < 4.78 is 5.01. The van der Waals surface area contributed by atoms with Crippen molar-refractivity contribution in [1.82, 2.24) is 4.40 Å². The SMILES string of the molecule is Cc1c2ccccc2c(CC(C)(C)C)c2c1c1c3c(cc[n+]1C)cc(C(C)(C)C)c1c4ccccc4n2c13. The number of fused-ring (bicyclic) bond motifs is 7. The number of benzene rings is 4. The van der Waals surface area contributed by atoms with E-state index < -0.39 is 0 Å². The van der Waals surface area contributed by atoms with E-state index in [4.69, 9.17) is 0 Å². The van der Waals surface area contributed by atoms with E-state index in [2.05, 4.69) is 131 Å². The number of pyridine rings is 2. The van der Waals surface area contributed by atoms with Crippen molar-refractivity contribution in [3.8, 4) is 0 Å². The number of nitrogens with zero attached hydrogens (tertiary/aromatic N) is 2. The maximum absolute atomic E-state index is 2.64. The fourth-order valence-corrected chi connectivity index (χ4v) is 7.04. The van der Waals surface area contributed by atoms with Crippen LogP contribution >= 0.6 is 0 Å². The Morgan fingerprint density at radius 2 is 1.39 bits per heavy atom. The lowest BCUT2D eigenvalue weighted by Gasteiger charge is -2.25. The van der Waals surface area contributed by atoms with E-state index in [1.807, 2.05) is 0 Å². The molecule has 3 heterocycles. The summed E-state index contributed by atoms with van der Waals surface area (Å²) in [6.07, 6.45) is 3.27. The second-order valence-corrected chi connectivity index (χ2v) is 13.6. The molecule has 0 radical (unpaired) electrons. The molecule has 0 saturated carbocycles. The summed E-state index contributed by atoms with van der Waals surface area (Å²) in [6, 6.07) is 22.9. The van der Waals surface area contributed by atoms with Crippen LogP contribution < -0.4 is 4.57 Å². The number of para-hydroxylation sites is 1. The van der Waals surface area contributed by atoms with Crippen molar-refractivity contribution in [3.05, 3.63) is 83.6 Å². The Bertz CT molecular complexity index is 2070. The first-order valence-corrected chi connectivity index (χ1v) is 13.9. The van der Waals surface area contributed by atoms with Crippen molar-refractivity contribution in [2.45, 2.75) is 60.3 Å². The lowest BCUT2D eigenvalue weighted by Crippen LogP contribution is -2.29. The first-order valence-electron chi connectivity index (χ1n) is 13.9. The van der Waals surface area contributed by atoms with Gasteiger partial charge in [-0.3, -0.25) is 0 Å². The molecule has 0 N–H and O–H groups in total. The molecule has 0 atom stereocenters. The summed E-state index contributed by atoms with van der Waals surface area (Å²) in [4.78, 5) is 0. The monoisotopic (exact) mass is 497 g/mol. The molecular formula is C36H37N2+. The van der Waals surface area contributed by atoms with Gasteiger partial charge in [0.1, 0.15) is 7.05 Å². The van der Waals surface area contributed by atoms with Crippen molar-refractivity contribution in [1.29, 1.82) is 0 Å². The Hall–Kier alpha value is -3.65. The van der Waals surface area contributed by atoms with E-state index in [0.29, 0.717) is 0 Å². The van der Waals surface area contributed by atoms with Crippen molar-refractivity contribution >= 4 is 59.8 Å². The number of hydrogen-bond donors (Lipinski definition) is 0. The maximum atomic E-state index is 2.64. The van der Waals surface area contributed by atoms with Crippen molar-refractivity contribution in [2.24, 2.45) is 12.5 Å². The fourth-order valence-electron chi connectivity index (χ4n) is 7.04. The molecule has 38 heavy (non-hydrogen) atoms. The van der Waals surface area contributed by atoms with E-state index in [-0.39, 0.29) is 10.8 Å². The van der Waals surface area contributed by atoms with E-state index >= 15 is 0 Å². The molecule has 7 aromatic rings. The Morgan fingerprint density at radius 3 is 2.08 bits per heavy atom. The van der Waals surface area contributed by atoms with Crippen LogP contribution in [0, 0.1) is 12.3 Å². The van der Waals surface area contributed by atoms with Gasteiger partial charge >= 0.3 is 0 Å². The third kappa shape index (κ3) is 3.04. The van der Waals surface area contributed by atoms with Gasteiger partial charge < -0.3 is 4.40 Å². The molecule has 0 unspecified atom stereocenters. The molecule has 0 aliphatic heterocycles. The topological polar surface area (TPSA) is 8.29 Å². The summed E-state index contributed by atoms with van der Waals surface area (Å²) >= 11 is 0. The zero-order valence-electron chi connectivity index (χ0n) is 24.0. The van der Waals surface area contributed by atoms with Crippen LogP contribution in [0.5, 0.6) is 0 Å². The summed E-state index contributed by atoms with van der Waals surface area (Å²) in [5.74, 6) is 0. The smallest absolute Gasteiger partial charge is 0.224 e. The van der Waals surface area contributed by atoms with Crippen LogP contribution in [0.2, 0.25) is 0 Å². The molecule has 4 aromatic carbocycles. The minimum Gasteiger partial charge on any atom is -0.307 e. The Morgan fingerprint density at radius 1 is 0.737 bits per heavy atom. The highest BCUT2D eigenvalue weighted by atomic mass is 15.0. The third-order valence-electron chi connectivity index (χ3n) is 8.57. The number of rotatable bonds is 1. The van der Waals surface area contributed by atoms with Crippen LogP contribution in [0.15, 0.2) is 66.9 Å². The average molecular weight is 498 g/mol. The molecule has 0 bridgehead atoms. The predicted octanol–water partition coefficient (Wildman–Crippen LogP) is 9.16. The van der Waals surface area contributed by atoms with Crippen LogP contribution in [0.4, 0.5) is 0 Å². The van der Waals surface area contributed by atoms with Gasteiger partial charge in [0.05, 0.1) is 27.3 Å². The van der Waals surface area contributed by atoms with Gasteiger partial charge in [0, 0.05) is 16.8 Å². The number of aryl methyl sites for hydroxylation is 2. The fraction of sp³-hybridized carbons (Fsp3) is 0.306. The van der Waals surface area contributed by atoms with Crippen LogP contribution in [0.3, 0.4) is 0 Å². The van der Waals surface area contributed by atoms with Gasteiger partial charge in [-0.1, -0.05) is 84.0 Å². The van der Waals surface area contributed by atoms with Gasteiger partial charge in [0.25, 0.3) is 0 Å². The van der Waals surface area contributed by atoms with Gasteiger partial charge in [-0.15, -0.1) is 0 Å². The minimum absolute atomic E-state index is 0.0230. The zero-order chi connectivity index (χ0) is 26.7. The molecule has 0 aliphatic rings. The molecule has 190 valence electrons. The number of hydrogen-bond acceptors (Lipinski definition) is 0. The van der Waals surface area contributed by atoms with Gasteiger partial charge in [-0.2, -0.15) is 0 Å². The highest BCUT2D eigenvalue weighted by molar-refractivity contribution is 6.29. The first-order chi connectivity index (χ1) is 18.0. The maximum Gasteiger partial charge on any atom is 0.224 e. The normalized spacial score (nSPS) is 13.4. The van der Waals surface area contributed by atoms with Crippen LogP contribution in [0.25, 0.3) is 59.8 Å². The van der Waals surface area contributed by atoms with Gasteiger partial charge in [0.2, 0.25) is 5.52 Å². The van der Waals surface area contributed by atoms with Gasteiger partial charge in [-0.25, -0.2) is 4.57 Å². The first kappa shape index (κ1) is 23.5. The number of aromatic nitrogens is 2. The van der Waals surface area contributed by atoms with E-state index in [9.17, 15) is 0 Å². The van der Waals surface area contributed by atoms with Crippen LogP contribution in [0.1, 0.15) is 58.2 Å². The largest absolute Gasteiger partial charge is 0.307 e. The standard InChI is InChI=1S/C36H37N2/c1-21-23-13-9-10-14-24(23)26(20-35(2,3)4)32-29(21)33-30-22(17-18-37(33)8)19-27(36(5,6)7)31-25-15-11-12-16-28(25)38(32)34(30)31/h9-19H,20H2,1-8H3/q+1. The lowest BCUT2D eigenvalue weighted by molar-refractivity contribution is -0.643. The molecule has 0 fully saturated rings. The summed E-state index contributed by atoms with van der Waals surface area (Å²) in [5.41, 5.74) is 9.83. The molecule has 3 aromatic heterocycles. The zero-order valence-corrected chi connectivity index (χ0v) is 24.0. The predicted molar refractivity (Wildman–Crippen MR) is 164 cm³/mol. The molecule has 0 spiro atoms. The Balaban J connectivity index is 1.95. The lowest BCUT2D eigenvalue weighted by atomic mass is 9.81. The van der Waals surface area contributed by atoms with Crippen molar-refractivity contribution in [2.75, 3.05) is 0 Å². The molecule has 0 aliphatic carbocycles. The van der Waals surface area contributed by atoms with Gasteiger partial charge in [0.15, 0.2) is 6.20 Å². The average Bonchev–Trinajstić information content (AvgIpc) is 3.20. The molecule has 0 amide bonds. The van der Waals surface area contributed by atoms with E-state index in [0.717, 1.165) is 6.42 Å². The molecule has 0 saturated heterocycles. The van der Waals surface area contributed by atoms with Crippen molar-refractivity contribution < 1.29 is 4.57 Å². The Kier molecular flexibility index (Phi) is 4.61. The highest BCUT2D eigenvalue weighted by Gasteiger charge is 2.31. The van der Waals surface area contributed by atoms with E-state index in [1.54, 1.807) is 0 Å². The molecule has 7 rings (SSSR count). The Labute approximate surface area is 224 Å². The van der Waals surface area contributed by atoms with Crippen molar-refractivity contribution in [3.63, 3.8) is 0 Å². The second-order valence-electron chi connectivity index (χ2n) is 13.6. The van der Waals surface area contributed by atoms with Gasteiger partial charge in [-0.05, 0) is 69.2 Å². The summed E-state index contributed by atoms with van der Waals surface area (Å²) in [6.45, 7) is 16.5. The molecular weight excluding hydrogens is 460 g/mol. The summed E-state index contributed by atoms with van der Waals surface area (Å²) in [5, 5.41) is 9.60.